The molecule has 1 aromatic carbocycles. The molecule has 0 fully saturated rings. The highest BCUT2D eigenvalue weighted by Gasteiger charge is 2.12. The Hall–Kier alpha value is -0.870. The summed E-state index contributed by atoms with van der Waals surface area (Å²) in [5, 5.41) is 3.40. The zero-order chi connectivity index (χ0) is 15.1. The largest absolute Gasteiger partial charge is 0.496 e. The van der Waals surface area contributed by atoms with Crippen molar-refractivity contribution in [3.05, 3.63) is 29.3 Å². The molecular weight excluding hydrogens is 270 g/mol. The van der Waals surface area contributed by atoms with Crippen molar-refractivity contribution in [1.29, 1.82) is 0 Å². The first-order valence-corrected chi connectivity index (χ1v) is 8.71. The molecule has 0 saturated heterocycles. The Morgan fingerprint density at radius 3 is 2.55 bits per heavy atom. The van der Waals surface area contributed by atoms with Crippen molar-refractivity contribution in [1.82, 2.24) is 5.32 Å². The summed E-state index contributed by atoms with van der Waals surface area (Å²) in [4.78, 5) is 0. The van der Waals surface area contributed by atoms with Crippen LogP contribution in [0, 0.1) is 5.92 Å². The van der Waals surface area contributed by atoms with Gasteiger partial charge in [-0.1, -0.05) is 26.8 Å². The van der Waals surface area contributed by atoms with Crippen LogP contribution in [0.2, 0.25) is 0 Å². The van der Waals surface area contributed by atoms with Gasteiger partial charge in [0.25, 0.3) is 0 Å². The number of rotatable bonds is 8. The summed E-state index contributed by atoms with van der Waals surface area (Å²) in [5.41, 5.74) is 2.25. The quantitative estimate of drug-likeness (QED) is 0.800. The van der Waals surface area contributed by atoms with E-state index >= 15 is 0 Å². The third-order valence-corrected chi connectivity index (χ3v) is 4.82. The van der Waals surface area contributed by atoms with Crippen molar-refractivity contribution in [3.8, 4) is 5.75 Å². The fourth-order valence-electron chi connectivity index (χ4n) is 2.21. The number of nitrogens with one attached hydrogen (secondary N) is 1. The second-order valence-corrected chi connectivity index (χ2v) is 7.00. The lowest BCUT2D eigenvalue weighted by atomic mass is 10.0. The summed E-state index contributed by atoms with van der Waals surface area (Å²) in [6, 6.07) is 6.46. The van der Waals surface area contributed by atoms with Gasteiger partial charge in [0.2, 0.25) is 0 Å². The van der Waals surface area contributed by atoms with Gasteiger partial charge in [-0.25, -0.2) is 0 Å². The first-order chi connectivity index (χ1) is 9.47. The van der Waals surface area contributed by atoms with Crippen LogP contribution in [-0.4, -0.2) is 23.6 Å². The number of ether oxygens (including phenoxy) is 1. The van der Waals surface area contributed by atoms with E-state index < -0.39 is 10.8 Å². The topological polar surface area (TPSA) is 38.3 Å². The van der Waals surface area contributed by atoms with E-state index in [-0.39, 0.29) is 0 Å². The van der Waals surface area contributed by atoms with Gasteiger partial charge in [-0.3, -0.25) is 4.21 Å². The summed E-state index contributed by atoms with van der Waals surface area (Å²) in [6.45, 7) is 9.36. The average molecular weight is 297 g/mol. The Morgan fingerprint density at radius 1 is 1.30 bits per heavy atom. The van der Waals surface area contributed by atoms with Crippen molar-refractivity contribution >= 4 is 10.8 Å². The van der Waals surface area contributed by atoms with Crippen LogP contribution in [0.1, 0.15) is 44.9 Å². The summed E-state index contributed by atoms with van der Waals surface area (Å²) < 4.78 is 17.5. The number of hydrogen-bond donors (Lipinski definition) is 1. The summed E-state index contributed by atoms with van der Waals surface area (Å²) in [5.74, 6) is 2.57. The van der Waals surface area contributed by atoms with Gasteiger partial charge >= 0.3 is 0 Å². The van der Waals surface area contributed by atoms with E-state index in [9.17, 15) is 4.21 Å². The average Bonchev–Trinajstić information content (AvgIpc) is 2.37. The lowest BCUT2D eigenvalue weighted by Gasteiger charge is -2.16. The van der Waals surface area contributed by atoms with E-state index in [1.165, 1.54) is 5.56 Å². The minimum absolute atomic E-state index is 0.295. The molecule has 2 unspecified atom stereocenters. The molecule has 3 nitrogen and oxygen atoms in total. The van der Waals surface area contributed by atoms with Crippen LogP contribution >= 0.6 is 0 Å². The van der Waals surface area contributed by atoms with E-state index in [1.54, 1.807) is 7.11 Å². The van der Waals surface area contributed by atoms with Gasteiger partial charge < -0.3 is 10.1 Å². The summed E-state index contributed by atoms with van der Waals surface area (Å²) >= 11 is 0. The number of benzene rings is 1. The predicted molar refractivity (Wildman–Crippen MR) is 86.6 cm³/mol. The number of methoxy groups -OCH3 is 1. The zero-order valence-electron chi connectivity index (χ0n) is 13.2. The van der Waals surface area contributed by atoms with Gasteiger partial charge in [0, 0.05) is 28.2 Å². The molecule has 0 amide bonds. The Balaban J connectivity index is 2.91. The van der Waals surface area contributed by atoms with Crippen LogP contribution in [0.5, 0.6) is 5.75 Å². The Kier molecular flexibility index (Phi) is 7.24. The molecular formula is C16H27NO2S. The van der Waals surface area contributed by atoms with Crippen molar-refractivity contribution in [3.63, 3.8) is 0 Å². The van der Waals surface area contributed by atoms with E-state index in [4.69, 9.17) is 4.74 Å². The molecule has 0 bridgehead atoms. The van der Waals surface area contributed by atoms with Crippen LogP contribution in [0.4, 0.5) is 0 Å². The van der Waals surface area contributed by atoms with Gasteiger partial charge in [0.1, 0.15) is 5.75 Å². The van der Waals surface area contributed by atoms with Crippen molar-refractivity contribution in [2.24, 2.45) is 5.92 Å². The fraction of sp³-hybridized carbons (Fsp3) is 0.625. The van der Waals surface area contributed by atoms with Gasteiger partial charge in [-0.2, -0.15) is 0 Å². The smallest absolute Gasteiger partial charge is 0.123 e. The maximum absolute atomic E-state index is 12.1. The van der Waals surface area contributed by atoms with E-state index in [2.05, 4.69) is 45.1 Å². The first kappa shape index (κ1) is 17.2. The van der Waals surface area contributed by atoms with E-state index in [1.807, 2.05) is 6.07 Å². The predicted octanol–water partition coefficient (Wildman–Crippen LogP) is 3.27. The van der Waals surface area contributed by atoms with Crippen molar-refractivity contribution in [2.75, 3.05) is 19.4 Å². The molecule has 114 valence electrons. The maximum Gasteiger partial charge on any atom is 0.123 e. The molecule has 1 N–H and O–H groups in total. The van der Waals surface area contributed by atoms with Crippen molar-refractivity contribution < 1.29 is 8.95 Å². The molecule has 0 heterocycles. The first-order valence-electron chi connectivity index (χ1n) is 7.23. The molecule has 0 aliphatic heterocycles. The normalized spacial score (nSPS) is 14.3. The van der Waals surface area contributed by atoms with E-state index in [0.717, 1.165) is 23.6 Å². The van der Waals surface area contributed by atoms with Gasteiger partial charge in [0.15, 0.2) is 0 Å². The molecule has 0 aliphatic rings. The second kappa shape index (κ2) is 8.42. The SMILES string of the molecule is CCNC(C)c1ccc(OC)c(CS(=O)CC(C)C)c1. The minimum atomic E-state index is -0.839. The molecule has 0 spiro atoms. The van der Waals surface area contributed by atoms with Crippen LogP contribution in [0.25, 0.3) is 0 Å². The van der Waals surface area contributed by atoms with Crippen LogP contribution < -0.4 is 10.1 Å². The highest BCUT2D eigenvalue weighted by Crippen LogP contribution is 2.25. The summed E-state index contributed by atoms with van der Waals surface area (Å²) in [7, 11) is 0.826. The minimum Gasteiger partial charge on any atom is -0.496 e. The third kappa shape index (κ3) is 5.25. The molecule has 0 aromatic heterocycles. The second-order valence-electron chi connectivity index (χ2n) is 5.50. The Bertz CT molecular complexity index is 446. The summed E-state index contributed by atoms with van der Waals surface area (Å²) in [6.07, 6.45) is 0. The molecule has 1 aromatic rings. The van der Waals surface area contributed by atoms with Crippen LogP contribution in [0.3, 0.4) is 0 Å². The monoisotopic (exact) mass is 297 g/mol. The van der Waals surface area contributed by atoms with Crippen LogP contribution in [0.15, 0.2) is 18.2 Å². The molecule has 0 aliphatic carbocycles. The molecule has 1 rings (SSSR count). The Morgan fingerprint density at radius 2 is 2.00 bits per heavy atom. The van der Waals surface area contributed by atoms with Crippen molar-refractivity contribution in [2.45, 2.75) is 39.5 Å². The lowest BCUT2D eigenvalue weighted by Crippen LogP contribution is -2.18. The standard InChI is InChI=1S/C16H27NO2S/c1-6-17-13(4)14-7-8-16(19-5)15(9-14)11-20(18)10-12(2)3/h7-9,12-13,17H,6,10-11H2,1-5H3. The molecule has 0 saturated carbocycles. The zero-order valence-corrected chi connectivity index (χ0v) is 14.0. The Labute approximate surface area is 125 Å². The molecule has 20 heavy (non-hydrogen) atoms. The molecule has 2 atom stereocenters. The molecule has 0 radical (unpaired) electrons. The maximum atomic E-state index is 12.1. The van der Waals surface area contributed by atoms with Gasteiger partial charge in [-0.05, 0) is 37.1 Å². The highest BCUT2D eigenvalue weighted by molar-refractivity contribution is 7.84. The number of hydrogen-bond acceptors (Lipinski definition) is 3. The highest BCUT2D eigenvalue weighted by atomic mass is 32.2. The van der Waals surface area contributed by atoms with Gasteiger partial charge in [-0.15, -0.1) is 0 Å². The third-order valence-electron chi connectivity index (χ3n) is 3.15. The van der Waals surface area contributed by atoms with Gasteiger partial charge in [0.05, 0.1) is 12.9 Å². The molecule has 4 heteroatoms. The lowest BCUT2D eigenvalue weighted by molar-refractivity contribution is 0.410. The van der Waals surface area contributed by atoms with E-state index in [0.29, 0.717) is 17.7 Å². The fourth-order valence-corrected chi connectivity index (χ4v) is 3.64. The van der Waals surface area contributed by atoms with Crippen LogP contribution in [-0.2, 0) is 16.6 Å².